The van der Waals surface area contributed by atoms with Gasteiger partial charge in [-0.25, -0.2) is 4.79 Å². The van der Waals surface area contributed by atoms with Crippen LogP contribution in [0.15, 0.2) is 109 Å². The Morgan fingerprint density at radius 3 is 1.20 bits per heavy atom. The predicted molar refractivity (Wildman–Crippen MR) is 205 cm³/mol. The molecule has 15 heteroatoms. The SMILES string of the molecule is COC(=O)c1cccc(C(OC)(OC)c2ccccc2)c1.COC(OC)(c1ccccc1)c1cccc(C(=O)CP(=O)(OC)OC)c1.COP(C)(=O)OC. The molecule has 0 unspecified atom stereocenters. The molecular weight excluding hydrogens is 738 g/mol. The summed E-state index contributed by atoms with van der Waals surface area (Å²) in [6.45, 7) is 1.41. The fourth-order valence-electron chi connectivity index (χ4n) is 5.17. The second-order valence-electron chi connectivity index (χ2n) is 11.1. The molecule has 0 aromatic heterocycles. The molecule has 0 bridgehead atoms. The van der Waals surface area contributed by atoms with E-state index in [1.54, 1.807) is 50.6 Å². The van der Waals surface area contributed by atoms with Crippen molar-refractivity contribution in [1.29, 1.82) is 0 Å². The molecule has 0 N–H and O–H groups in total. The number of esters is 1. The summed E-state index contributed by atoms with van der Waals surface area (Å²) in [7, 11) is 6.68. The number of rotatable bonds is 16. The normalized spacial score (nSPS) is 11.7. The maximum Gasteiger partial charge on any atom is 0.337 e. The zero-order valence-corrected chi connectivity index (χ0v) is 34.1. The minimum Gasteiger partial charge on any atom is -0.465 e. The van der Waals surface area contributed by atoms with Crippen LogP contribution in [-0.2, 0) is 62.5 Å². The van der Waals surface area contributed by atoms with E-state index in [4.69, 9.17) is 32.7 Å². The Morgan fingerprint density at radius 2 is 0.870 bits per heavy atom. The van der Waals surface area contributed by atoms with E-state index in [-0.39, 0.29) is 11.9 Å². The lowest BCUT2D eigenvalue weighted by Gasteiger charge is -2.32. The average molecular weight is 789 g/mol. The van der Waals surface area contributed by atoms with E-state index < -0.39 is 32.7 Å². The fourth-order valence-corrected chi connectivity index (χ4v) is 6.26. The Labute approximate surface area is 317 Å². The molecule has 294 valence electrons. The van der Waals surface area contributed by atoms with Crippen molar-refractivity contribution in [2.75, 3.05) is 76.8 Å². The molecule has 0 fully saturated rings. The van der Waals surface area contributed by atoms with Crippen molar-refractivity contribution >= 4 is 26.9 Å². The Kier molecular flexibility index (Phi) is 18.8. The Hall–Kier alpha value is -3.84. The molecule has 0 aliphatic heterocycles. The predicted octanol–water partition coefficient (Wildman–Crippen LogP) is 7.92. The number of benzene rings is 4. The third-order valence-corrected chi connectivity index (χ3v) is 11.4. The highest BCUT2D eigenvalue weighted by molar-refractivity contribution is 7.54. The molecular formula is C39H50O13P2. The first kappa shape index (κ1) is 46.3. The quantitative estimate of drug-likeness (QED) is 0.0468. The topological polar surface area (TPSA) is 151 Å². The minimum atomic E-state index is -3.44. The summed E-state index contributed by atoms with van der Waals surface area (Å²) < 4.78 is 68.7. The van der Waals surface area contributed by atoms with Crippen LogP contribution in [0, 0.1) is 0 Å². The number of carbonyl (C=O) groups excluding carboxylic acids is 2. The van der Waals surface area contributed by atoms with Crippen LogP contribution in [0.25, 0.3) is 0 Å². The standard InChI is InChI=1S/C19H23O6P.C17H18O4.C3H9O3P/c1-22-19(23-2,16-10-6-5-7-11-16)17-12-8-9-15(13-17)18(20)14-26(21,24-3)25-4;1-19-16(18)13-8-7-11-15(12-13)17(20-2,21-3)14-9-5-4-6-10-14;1-5-7(3,4)6-2/h5-13H,14H2,1-4H3;4-12H,1-3H3;1-3H3. The van der Waals surface area contributed by atoms with Crippen molar-refractivity contribution in [2.45, 2.75) is 11.6 Å². The number of hydrogen-bond donors (Lipinski definition) is 0. The maximum absolute atomic E-state index is 12.6. The summed E-state index contributed by atoms with van der Waals surface area (Å²) in [5, 5.41) is 0. The lowest BCUT2D eigenvalue weighted by Crippen LogP contribution is -2.32. The van der Waals surface area contributed by atoms with Gasteiger partial charge in [0, 0.05) is 91.4 Å². The van der Waals surface area contributed by atoms with Crippen molar-refractivity contribution in [3.05, 3.63) is 143 Å². The average Bonchev–Trinajstić information content (AvgIpc) is 3.23. The van der Waals surface area contributed by atoms with Crippen LogP contribution in [0.1, 0.15) is 43.0 Å². The Bertz CT molecular complexity index is 1830. The van der Waals surface area contributed by atoms with E-state index in [1.807, 2.05) is 72.8 Å². The van der Waals surface area contributed by atoms with Crippen LogP contribution >= 0.6 is 15.2 Å². The van der Waals surface area contributed by atoms with Crippen molar-refractivity contribution in [3.63, 3.8) is 0 Å². The van der Waals surface area contributed by atoms with Crippen molar-refractivity contribution < 1.29 is 60.5 Å². The Balaban J connectivity index is 0.000000322. The van der Waals surface area contributed by atoms with Crippen LogP contribution in [0.5, 0.6) is 0 Å². The molecule has 0 aliphatic rings. The molecule has 4 aromatic carbocycles. The van der Waals surface area contributed by atoms with Crippen molar-refractivity contribution in [2.24, 2.45) is 0 Å². The van der Waals surface area contributed by atoms with Gasteiger partial charge in [0.2, 0.25) is 11.6 Å². The van der Waals surface area contributed by atoms with Gasteiger partial charge in [-0.1, -0.05) is 91.0 Å². The second-order valence-corrected chi connectivity index (χ2v) is 15.7. The number of methoxy groups -OCH3 is 5. The van der Waals surface area contributed by atoms with Crippen LogP contribution in [-0.4, -0.2) is 88.6 Å². The molecule has 0 aliphatic carbocycles. The first-order chi connectivity index (χ1) is 25.7. The Morgan fingerprint density at radius 1 is 0.500 bits per heavy atom. The van der Waals surface area contributed by atoms with Gasteiger partial charge in [-0.3, -0.25) is 13.9 Å². The van der Waals surface area contributed by atoms with E-state index in [9.17, 15) is 18.7 Å². The van der Waals surface area contributed by atoms with E-state index in [2.05, 4.69) is 9.05 Å². The lowest BCUT2D eigenvalue weighted by atomic mass is 9.95. The summed E-state index contributed by atoms with van der Waals surface area (Å²) >= 11 is 0. The number of Topliss-reactive ketones (excluding diaryl/α,β-unsaturated/α-hetero) is 1. The highest BCUT2D eigenvalue weighted by Crippen LogP contribution is 2.47. The highest BCUT2D eigenvalue weighted by Gasteiger charge is 2.36. The number of ketones is 1. The molecule has 0 spiro atoms. The summed E-state index contributed by atoms with van der Waals surface area (Å²) in [6, 6.07) is 32.9. The molecule has 0 atom stereocenters. The van der Waals surface area contributed by atoms with Gasteiger partial charge < -0.3 is 41.8 Å². The largest absolute Gasteiger partial charge is 0.465 e. The van der Waals surface area contributed by atoms with Crippen LogP contribution in [0.3, 0.4) is 0 Å². The monoisotopic (exact) mass is 788 g/mol. The first-order valence-corrected chi connectivity index (χ1v) is 20.0. The lowest BCUT2D eigenvalue weighted by molar-refractivity contribution is -0.184. The minimum absolute atomic E-state index is 0.345. The van der Waals surface area contributed by atoms with Gasteiger partial charge in [0.25, 0.3) is 0 Å². The number of ether oxygens (including phenoxy) is 5. The van der Waals surface area contributed by atoms with Gasteiger partial charge in [0.1, 0.15) is 6.16 Å². The summed E-state index contributed by atoms with van der Waals surface area (Å²) in [5.74, 6) is -2.98. The van der Waals surface area contributed by atoms with E-state index >= 15 is 0 Å². The molecule has 0 radical (unpaired) electrons. The summed E-state index contributed by atoms with van der Waals surface area (Å²) in [4.78, 5) is 24.3. The van der Waals surface area contributed by atoms with Gasteiger partial charge >= 0.3 is 21.2 Å². The number of hydrogen-bond acceptors (Lipinski definition) is 13. The van der Waals surface area contributed by atoms with E-state index in [0.29, 0.717) is 16.7 Å². The van der Waals surface area contributed by atoms with Crippen molar-refractivity contribution in [1.82, 2.24) is 0 Å². The fraction of sp³-hybridized carbons (Fsp3) is 0.333. The van der Waals surface area contributed by atoms with Crippen LogP contribution in [0.2, 0.25) is 0 Å². The zero-order valence-electron chi connectivity index (χ0n) is 32.3. The van der Waals surface area contributed by atoms with E-state index in [1.165, 1.54) is 56.4 Å². The van der Waals surface area contributed by atoms with Crippen LogP contribution < -0.4 is 0 Å². The zero-order chi connectivity index (χ0) is 40.4. The summed E-state index contributed by atoms with van der Waals surface area (Å²) in [5.41, 5.74) is 3.81. The van der Waals surface area contributed by atoms with Crippen LogP contribution in [0.4, 0.5) is 0 Å². The third kappa shape index (κ3) is 11.8. The second kappa shape index (κ2) is 21.9. The maximum atomic E-state index is 12.6. The molecule has 0 heterocycles. The first-order valence-electron chi connectivity index (χ1n) is 16.3. The smallest absolute Gasteiger partial charge is 0.337 e. The third-order valence-electron chi connectivity index (χ3n) is 8.24. The highest BCUT2D eigenvalue weighted by atomic mass is 31.2. The molecule has 0 saturated carbocycles. The molecule has 0 saturated heterocycles. The van der Waals surface area contributed by atoms with Gasteiger partial charge in [0.15, 0.2) is 5.78 Å². The molecule has 4 rings (SSSR count). The molecule has 13 nitrogen and oxygen atoms in total. The molecule has 4 aromatic rings. The van der Waals surface area contributed by atoms with E-state index in [0.717, 1.165) is 16.7 Å². The molecule has 0 amide bonds. The number of carbonyl (C=O) groups is 2. The molecule has 54 heavy (non-hydrogen) atoms. The van der Waals surface area contributed by atoms with Gasteiger partial charge in [-0.2, -0.15) is 0 Å². The van der Waals surface area contributed by atoms with Gasteiger partial charge in [-0.05, 0) is 18.2 Å². The summed E-state index contributed by atoms with van der Waals surface area (Å²) in [6.07, 6.45) is -0.345. The van der Waals surface area contributed by atoms with Crippen molar-refractivity contribution in [3.8, 4) is 0 Å². The van der Waals surface area contributed by atoms with Gasteiger partial charge in [-0.15, -0.1) is 0 Å². The van der Waals surface area contributed by atoms with Gasteiger partial charge in [0.05, 0.1) is 12.7 Å².